The van der Waals surface area contributed by atoms with Gasteiger partial charge < -0.3 is 0 Å². The maximum Gasteiger partial charge on any atom is 0.268 e. The minimum atomic E-state index is -3.79. The van der Waals surface area contributed by atoms with Gasteiger partial charge in [-0.3, -0.25) is 8.94 Å². The second kappa shape index (κ2) is 5.71. The van der Waals surface area contributed by atoms with Gasteiger partial charge in [-0.15, -0.1) is 6.58 Å². The first-order valence-electron chi connectivity index (χ1n) is 2.00. The summed E-state index contributed by atoms with van der Waals surface area (Å²) in [5, 5.41) is 0. The first-order chi connectivity index (χ1) is 4.06. The van der Waals surface area contributed by atoms with E-state index in [1.807, 2.05) is 0 Å². The van der Waals surface area contributed by atoms with Crippen molar-refractivity contribution in [3.8, 4) is 0 Å². The third-order valence-electron chi connectivity index (χ3n) is 0.328. The monoisotopic (exact) mass is 156 g/mol. The smallest absolute Gasteiger partial charge is 0.268 e. The van der Waals surface area contributed by atoms with Gasteiger partial charge in [-0.25, -0.2) is 0 Å². The molecule has 0 saturated carbocycles. The molecular formula is C4H9FO3S. The van der Waals surface area contributed by atoms with Crippen molar-refractivity contribution < 1.29 is 17.4 Å². The van der Waals surface area contributed by atoms with Crippen LogP contribution in [0.1, 0.15) is 0 Å². The van der Waals surface area contributed by atoms with Gasteiger partial charge in [0.25, 0.3) is 10.1 Å². The van der Waals surface area contributed by atoms with E-state index in [2.05, 4.69) is 6.58 Å². The molecule has 0 aromatic rings. The van der Waals surface area contributed by atoms with Crippen molar-refractivity contribution in [3.63, 3.8) is 0 Å². The Morgan fingerprint density at radius 1 is 1.67 bits per heavy atom. The summed E-state index contributed by atoms with van der Waals surface area (Å²) < 4.78 is 36.8. The molecule has 0 saturated heterocycles. The zero-order valence-electron chi connectivity index (χ0n) is 5.04. The fourth-order valence-electron chi connectivity index (χ4n) is 0.149. The van der Waals surface area contributed by atoms with Crippen LogP contribution < -0.4 is 0 Å². The van der Waals surface area contributed by atoms with Crippen LogP contribution in [-0.4, -0.2) is 25.9 Å². The van der Waals surface area contributed by atoms with Gasteiger partial charge in [0.05, 0.1) is 12.9 Å². The molecule has 0 aromatic carbocycles. The molecule has 3 nitrogen and oxygen atoms in total. The fourth-order valence-corrected chi connectivity index (χ4v) is 0.447. The summed E-state index contributed by atoms with van der Waals surface area (Å²) >= 11 is 0. The Kier molecular flexibility index (Phi) is 7.23. The molecule has 0 aliphatic rings. The van der Waals surface area contributed by atoms with Crippen LogP contribution in [0.15, 0.2) is 12.7 Å². The van der Waals surface area contributed by atoms with E-state index < -0.39 is 10.1 Å². The Morgan fingerprint density at radius 2 is 2.00 bits per heavy atom. The molecule has 0 rings (SSSR count). The molecule has 0 radical (unpaired) electrons. The molecule has 0 unspecified atom stereocenters. The minimum Gasteiger partial charge on any atom is -0.285 e. The van der Waals surface area contributed by atoms with Crippen molar-refractivity contribution in [2.24, 2.45) is 0 Å². The van der Waals surface area contributed by atoms with Crippen LogP contribution >= 0.6 is 0 Å². The third kappa shape index (κ3) is 18.4. The molecule has 1 N–H and O–H groups in total. The van der Waals surface area contributed by atoms with E-state index in [0.717, 1.165) is 6.08 Å². The molecule has 0 spiro atoms. The zero-order valence-corrected chi connectivity index (χ0v) is 5.86. The molecule has 0 atom stereocenters. The first kappa shape index (κ1) is 11.4. The zero-order chi connectivity index (χ0) is 7.91. The summed E-state index contributed by atoms with van der Waals surface area (Å²) in [4.78, 5) is 0. The van der Waals surface area contributed by atoms with Gasteiger partial charge in [0.2, 0.25) is 0 Å². The van der Waals surface area contributed by atoms with E-state index in [4.69, 9.17) is 4.55 Å². The first-order valence-corrected chi connectivity index (χ1v) is 3.61. The lowest BCUT2D eigenvalue weighted by atomic mass is 10.8. The van der Waals surface area contributed by atoms with Gasteiger partial charge in [-0.05, 0) is 0 Å². The quantitative estimate of drug-likeness (QED) is 0.471. The van der Waals surface area contributed by atoms with E-state index in [1.54, 1.807) is 0 Å². The third-order valence-corrected chi connectivity index (χ3v) is 0.985. The molecule has 0 fully saturated rings. The van der Waals surface area contributed by atoms with Crippen molar-refractivity contribution in [2.45, 2.75) is 0 Å². The minimum absolute atomic E-state index is 0.368. The Labute approximate surface area is 53.9 Å². The molecule has 0 aliphatic heterocycles. The predicted molar refractivity (Wildman–Crippen MR) is 33.6 cm³/mol. The second-order valence-electron chi connectivity index (χ2n) is 1.04. The lowest BCUT2D eigenvalue weighted by Crippen LogP contribution is -1.99. The molecule has 56 valence electrons. The van der Waals surface area contributed by atoms with Gasteiger partial charge in [0.1, 0.15) is 0 Å². The molecule has 0 heterocycles. The number of rotatable bonds is 2. The van der Waals surface area contributed by atoms with Crippen molar-refractivity contribution in [1.29, 1.82) is 0 Å². The summed E-state index contributed by atoms with van der Waals surface area (Å²) in [7, 11) is -3.29. The maximum atomic E-state index is 9.72. The maximum absolute atomic E-state index is 9.72. The number of hydrogen-bond donors (Lipinski definition) is 1. The molecule has 0 aliphatic carbocycles. The van der Waals surface area contributed by atoms with Gasteiger partial charge in [0, 0.05) is 0 Å². The normalized spacial score (nSPS) is 9.22. The topological polar surface area (TPSA) is 54.4 Å². The van der Waals surface area contributed by atoms with Crippen molar-refractivity contribution in [3.05, 3.63) is 12.7 Å². The molecular weight excluding hydrogens is 147 g/mol. The summed E-state index contributed by atoms with van der Waals surface area (Å²) in [6.07, 6.45) is 1.12. The van der Waals surface area contributed by atoms with E-state index in [-0.39, 0.29) is 5.75 Å². The van der Waals surface area contributed by atoms with E-state index >= 15 is 0 Å². The number of alkyl halides is 1. The number of halogens is 1. The van der Waals surface area contributed by atoms with E-state index in [0.29, 0.717) is 7.18 Å². The van der Waals surface area contributed by atoms with Gasteiger partial charge in [0.15, 0.2) is 0 Å². The van der Waals surface area contributed by atoms with E-state index in [9.17, 15) is 12.8 Å². The lowest BCUT2D eigenvalue weighted by Gasteiger charge is -1.82. The highest BCUT2D eigenvalue weighted by Gasteiger charge is 1.95. The van der Waals surface area contributed by atoms with Crippen molar-refractivity contribution >= 4 is 10.1 Å². The second-order valence-corrected chi connectivity index (χ2v) is 2.53. The highest BCUT2D eigenvalue weighted by Crippen LogP contribution is 1.78. The molecule has 0 bridgehead atoms. The SMILES string of the molecule is C=CCS(=O)(=O)O.CF. The summed E-state index contributed by atoms with van der Waals surface area (Å²) in [5.74, 6) is -0.368. The largest absolute Gasteiger partial charge is 0.285 e. The predicted octanol–water partition coefficient (Wildman–Crippen LogP) is 0.646. The van der Waals surface area contributed by atoms with Crippen molar-refractivity contribution in [1.82, 2.24) is 0 Å². The highest BCUT2D eigenvalue weighted by atomic mass is 32.2. The van der Waals surface area contributed by atoms with Gasteiger partial charge in [-0.1, -0.05) is 6.08 Å². The summed E-state index contributed by atoms with van der Waals surface area (Å²) in [6, 6.07) is 0. The van der Waals surface area contributed by atoms with Crippen LogP contribution in [0.4, 0.5) is 4.39 Å². The average molecular weight is 156 g/mol. The lowest BCUT2D eigenvalue weighted by molar-refractivity contribution is 0.487. The van der Waals surface area contributed by atoms with Crippen LogP contribution in [-0.2, 0) is 10.1 Å². The van der Waals surface area contributed by atoms with Crippen LogP contribution in [0.5, 0.6) is 0 Å². The van der Waals surface area contributed by atoms with E-state index in [1.165, 1.54) is 0 Å². The average Bonchev–Trinajstić information content (AvgIpc) is 1.69. The molecule has 9 heavy (non-hydrogen) atoms. The Morgan fingerprint density at radius 3 is 2.00 bits per heavy atom. The Hall–Kier alpha value is -0.420. The van der Waals surface area contributed by atoms with Crippen LogP contribution in [0.2, 0.25) is 0 Å². The number of hydrogen-bond acceptors (Lipinski definition) is 2. The van der Waals surface area contributed by atoms with Crippen LogP contribution in [0.25, 0.3) is 0 Å². The van der Waals surface area contributed by atoms with Crippen LogP contribution in [0.3, 0.4) is 0 Å². The molecule has 5 heteroatoms. The van der Waals surface area contributed by atoms with Crippen LogP contribution in [0, 0.1) is 0 Å². The van der Waals surface area contributed by atoms with Gasteiger partial charge in [-0.2, -0.15) is 8.42 Å². The summed E-state index contributed by atoms with van der Waals surface area (Å²) in [6.45, 7) is 3.11. The standard InChI is InChI=1S/C3H6O3S.CH3F/c1-2-3-7(4,5)6;1-2/h2H,1,3H2,(H,4,5,6);1H3. The highest BCUT2D eigenvalue weighted by molar-refractivity contribution is 7.85. The van der Waals surface area contributed by atoms with Gasteiger partial charge >= 0.3 is 0 Å². The molecule has 0 aromatic heterocycles. The Balaban J connectivity index is 0. The fraction of sp³-hybridized carbons (Fsp3) is 0.500. The Bertz CT molecular complexity index is 149. The van der Waals surface area contributed by atoms with Crippen molar-refractivity contribution in [2.75, 3.05) is 12.9 Å². The summed E-state index contributed by atoms with van der Waals surface area (Å²) in [5.41, 5.74) is 0. The molecule has 0 amide bonds.